The Balaban J connectivity index is 1.86. The van der Waals surface area contributed by atoms with Gasteiger partial charge in [-0.1, -0.05) is 42.5 Å². The van der Waals surface area contributed by atoms with Crippen LogP contribution in [0, 0.1) is 0 Å². The normalized spacial score (nSPS) is 13.0. The quantitative estimate of drug-likeness (QED) is 0.821. The van der Waals surface area contributed by atoms with Gasteiger partial charge in [-0.05, 0) is 24.6 Å². The maximum atomic E-state index is 11.9. The fraction of sp³-hybridized carbons (Fsp3) is 0.278. The Kier molecular flexibility index (Phi) is 5.60. The van der Waals surface area contributed by atoms with Crippen LogP contribution in [0.15, 0.2) is 54.6 Å². The molecule has 0 aromatic heterocycles. The van der Waals surface area contributed by atoms with Crippen LogP contribution in [0.4, 0.5) is 0 Å². The molecule has 0 spiro atoms. The molecule has 1 atom stereocenters. The standard InChI is InChI=1S/C18H21NO4/c1-18(21,14-8-4-3-5-9-14)13-19-17(20)12-23-16-11-7-6-10-15(16)22-2/h3-11,21H,12-13H2,1-2H3,(H,19,20)/t18-/m0/s1. The predicted octanol–water partition coefficient (Wildman–Crippen LogP) is 2.10. The summed E-state index contributed by atoms with van der Waals surface area (Å²) in [4.78, 5) is 11.9. The van der Waals surface area contributed by atoms with Gasteiger partial charge in [0.1, 0.15) is 5.60 Å². The van der Waals surface area contributed by atoms with Gasteiger partial charge >= 0.3 is 0 Å². The van der Waals surface area contributed by atoms with Gasteiger partial charge in [-0.15, -0.1) is 0 Å². The first-order valence-electron chi connectivity index (χ1n) is 7.33. The first-order valence-corrected chi connectivity index (χ1v) is 7.33. The molecule has 0 fully saturated rings. The van der Waals surface area contributed by atoms with Crippen LogP contribution in [0.5, 0.6) is 11.5 Å². The van der Waals surface area contributed by atoms with E-state index in [1.807, 2.05) is 36.4 Å². The molecule has 122 valence electrons. The number of amides is 1. The molecule has 0 bridgehead atoms. The van der Waals surface area contributed by atoms with E-state index in [0.29, 0.717) is 11.5 Å². The third kappa shape index (κ3) is 4.72. The van der Waals surface area contributed by atoms with E-state index < -0.39 is 5.60 Å². The zero-order valence-electron chi connectivity index (χ0n) is 13.3. The van der Waals surface area contributed by atoms with Crippen molar-refractivity contribution >= 4 is 5.91 Å². The Bertz CT molecular complexity index is 640. The smallest absolute Gasteiger partial charge is 0.258 e. The molecule has 2 aromatic carbocycles. The zero-order valence-corrected chi connectivity index (χ0v) is 13.3. The molecule has 2 aromatic rings. The van der Waals surface area contributed by atoms with Gasteiger partial charge in [-0.3, -0.25) is 4.79 Å². The van der Waals surface area contributed by atoms with Crippen molar-refractivity contribution in [3.8, 4) is 11.5 Å². The average Bonchev–Trinajstić information content (AvgIpc) is 2.59. The third-order valence-electron chi connectivity index (χ3n) is 3.45. The number of benzene rings is 2. The minimum atomic E-state index is -1.14. The largest absolute Gasteiger partial charge is 0.493 e. The lowest BCUT2D eigenvalue weighted by molar-refractivity contribution is -0.124. The first-order chi connectivity index (χ1) is 11.0. The molecule has 5 heteroatoms. The molecular formula is C18H21NO4. The van der Waals surface area contributed by atoms with Crippen molar-refractivity contribution in [2.75, 3.05) is 20.3 Å². The summed E-state index contributed by atoms with van der Waals surface area (Å²) in [7, 11) is 1.54. The molecule has 5 nitrogen and oxygen atoms in total. The zero-order chi connectivity index (χ0) is 16.7. The molecule has 0 aliphatic heterocycles. The number of rotatable bonds is 7. The van der Waals surface area contributed by atoms with Crippen molar-refractivity contribution in [1.82, 2.24) is 5.32 Å². The summed E-state index contributed by atoms with van der Waals surface area (Å²) in [6.45, 7) is 1.61. The van der Waals surface area contributed by atoms with Gasteiger partial charge in [0.05, 0.1) is 13.7 Å². The lowest BCUT2D eigenvalue weighted by Gasteiger charge is -2.24. The molecule has 0 saturated heterocycles. The maximum absolute atomic E-state index is 11.9. The number of carbonyl (C=O) groups excluding carboxylic acids is 1. The second-order valence-corrected chi connectivity index (χ2v) is 5.36. The summed E-state index contributed by atoms with van der Waals surface area (Å²) in [5.74, 6) is 0.753. The van der Waals surface area contributed by atoms with Crippen LogP contribution in [0.25, 0.3) is 0 Å². The second-order valence-electron chi connectivity index (χ2n) is 5.36. The van der Waals surface area contributed by atoms with Gasteiger partial charge < -0.3 is 19.9 Å². The molecular weight excluding hydrogens is 294 g/mol. The van der Waals surface area contributed by atoms with E-state index in [1.165, 1.54) is 0 Å². The number of methoxy groups -OCH3 is 1. The van der Waals surface area contributed by atoms with Crippen molar-refractivity contribution < 1.29 is 19.4 Å². The number of hydrogen-bond acceptors (Lipinski definition) is 4. The van der Waals surface area contributed by atoms with Crippen LogP contribution in [0.3, 0.4) is 0 Å². The molecule has 0 aliphatic carbocycles. The molecule has 0 aliphatic rings. The van der Waals surface area contributed by atoms with Crippen molar-refractivity contribution in [3.63, 3.8) is 0 Å². The Hall–Kier alpha value is -2.53. The lowest BCUT2D eigenvalue weighted by Crippen LogP contribution is -2.40. The second kappa shape index (κ2) is 7.65. The Morgan fingerprint density at radius 1 is 1.09 bits per heavy atom. The van der Waals surface area contributed by atoms with Crippen molar-refractivity contribution in [3.05, 3.63) is 60.2 Å². The van der Waals surface area contributed by atoms with Gasteiger partial charge in [0.25, 0.3) is 5.91 Å². The Labute approximate surface area is 135 Å². The van der Waals surface area contributed by atoms with E-state index in [4.69, 9.17) is 9.47 Å². The number of hydrogen-bond donors (Lipinski definition) is 2. The molecule has 2 N–H and O–H groups in total. The van der Waals surface area contributed by atoms with Crippen LogP contribution in [0.1, 0.15) is 12.5 Å². The molecule has 0 heterocycles. The van der Waals surface area contributed by atoms with Gasteiger partial charge in [0.15, 0.2) is 18.1 Å². The molecule has 0 saturated carbocycles. The van der Waals surface area contributed by atoms with Gasteiger partial charge in [-0.25, -0.2) is 0 Å². The number of nitrogens with one attached hydrogen (secondary N) is 1. The fourth-order valence-corrected chi connectivity index (χ4v) is 2.10. The average molecular weight is 315 g/mol. The SMILES string of the molecule is COc1ccccc1OCC(=O)NC[C@](C)(O)c1ccccc1. The summed E-state index contributed by atoms with van der Waals surface area (Å²) in [6.07, 6.45) is 0. The van der Waals surface area contributed by atoms with Crippen LogP contribution in [-0.4, -0.2) is 31.3 Å². The van der Waals surface area contributed by atoms with E-state index >= 15 is 0 Å². The lowest BCUT2D eigenvalue weighted by atomic mass is 9.96. The summed E-state index contributed by atoms with van der Waals surface area (Å²) in [5.41, 5.74) is -0.396. The van der Waals surface area contributed by atoms with Crippen molar-refractivity contribution in [2.45, 2.75) is 12.5 Å². The maximum Gasteiger partial charge on any atom is 0.258 e. The van der Waals surface area contributed by atoms with Gasteiger partial charge in [0.2, 0.25) is 0 Å². The molecule has 1 amide bonds. The summed E-state index contributed by atoms with van der Waals surface area (Å²) in [6, 6.07) is 16.3. The van der Waals surface area contributed by atoms with Crippen LogP contribution < -0.4 is 14.8 Å². The highest BCUT2D eigenvalue weighted by Gasteiger charge is 2.23. The van der Waals surface area contributed by atoms with E-state index in [2.05, 4.69) is 5.32 Å². The van der Waals surface area contributed by atoms with E-state index in [1.54, 1.807) is 32.2 Å². The number of carbonyl (C=O) groups is 1. The molecule has 23 heavy (non-hydrogen) atoms. The van der Waals surface area contributed by atoms with Crippen LogP contribution in [0.2, 0.25) is 0 Å². The van der Waals surface area contributed by atoms with Gasteiger partial charge in [-0.2, -0.15) is 0 Å². The summed E-state index contributed by atoms with van der Waals surface area (Å²) in [5, 5.41) is 13.1. The van der Waals surface area contributed by atoms with E-state index in [9.17, 15) is 9.90 Å². The van der Waals surface area contributed by atoms with Gasteiger partial charge in [0, 0.05) is 0 Å². The van der Waals surface area contributed by atoms with E-state index in [0.717, 1.165) is 5.56 Å². The number of aliphatic hydroxyl groups is 1. The minimum absolute atomic E-state index is 0.102. The van der Waals surface area contributed by atoms with Crippen LogP contribution in [-0.2, 0) is 10.4 Å². The topological polar surface area (TPSA) is 67.8 Å². The number of ether oxygens (including phenoxy) is 2. The summed E-state index contributed by atoms with van der Waals surface area (Å²) >= 11 is 0. The highest BCUT2D eigenvalue weighted by molar-refractivity contribution is 5.77. The Morgan fingerprint density at radius 2 is 1.70 bits per heavy atom. The van der Waals surface area contributed by atoms with Crippen molar-refractivity contribution in [1.29, 1.82) is 0 Å². The highest BCUT2D eigenvalue weighted by Crippen LogP contribution is 2.25. The third-order valence-corrected chi connectivity index (χ3v) is 3.45. The molecule has 2 rings (SSSR count). The minimum Gasteiger partial charge on any atom is -0.493 e. The fourth-order valence-electron chi connectivity index (χ4n) is 2.10. The Morgan fingerprint density at radius 3 is 2.35 bits per heavy atom. The van der Waals surface area contributed by atoms with Crippen molar-refractivity contribution in [2.24, 2.45) is 0 Å². The monoisotopic (exact) mass is 315 g/mol. The highest BCUT2D eigenvalue weighted by atomic mass is 16.5. The predicted molar refractivity (Wildman–Crippen MR) is 87.5 cm³/mol. The molecule has 0 radical (unpaired) electrons. The number of para-hydroxylation sites is 2. The summed E-state index contributed by atoms with van der Waals surface area (Å²) < 4.78 is 10.6. The van der Waals surface area contributed by atoms with E-state index in [-0.39, 0.29) is 19.1 Å². The first kappa shape index (κ1) is 16.8. The molecule has 0 unspecified atom stereocenters. The van der Waals surface area contributed by atoms with Crippen LogP contribution >= 0.6 is 0 Å².